The van der Waals surface area contributed by atoms with Gasteiger partial charge in [-0.1, -0.05) is 30.7 Å². The third kappa shape index (κ3) is 3.10. The molecule has 0 amide bonds. The van der Waals surface area contributed by atoms with Crippen molar-refractivity contribution in [2.45, 2.75) is 15.2 Å². The fourth-order valence-corrected chi connectivity index (χ4v) is 3.84. The normalized spacial score (nSPS) is 17.5. The number of hydrogen-bond donors (Lipinski definition) is 1. The highest BCUT2D eigenvalue weighted by Gasteiger charge is 2.45. The van der Waals surface area contributed by atoms with Crippen molar-refractivity contribution in [1.82, 2.24) is 0 Å². The molecule has 17 heavy (non-hydrogen) atoms. The largest absolute Gasteiger partial charge is 0.385 e. The van der Waals surface area contributed by atoms with Crippen LogP contribution in [-0.2, 0) is 9.84 Å². The Morgan fingerprint density at radius 1 is 1.59 bits per heavy atom. The van der Waals surface area contributed by atoms with Gasteiger partial charge in [-0.3, -0.25) is 0 Å². The van der Waals surface area contributed by atoms with E-state index in [-0.39, 0.29) is 11.3 Å². The molecule has 0 aromatic heterocycles. The molecule has 7 heteroatoms. The Labute approximate surface area is 118 Å². The van der Waals surface area contributed by atoms with Gasteiger partial charge in [-0.15, -0.1) is 0 Å². The zero-order valence-corrected chi connectivity index (χ0v) is 12.6. The second kappa shape index (κ2) is 5.38. The fourth-order valence-electron chi connectivity index (χ4n) is 1.23. The minimum Gasteiger partial charge on any atom is -0.385 e. The van der Waals surface area contributed by atoms with Gasteiger partial charge in [-0.2, -0.15) is 0 Å². The van der Waals surface area contributed by atoms with Gasteiger partial charge in [0.05, 0.1) is 5.75 Å². The Hall–Kier alpha value is 0.0800. The first-order valence-electron chi connectivity index (χ1n) is 4.76. The van der Waals surface area contributed by atoms with Crippen molar-refractivity contribution in [3.05, 3.63) is 35.6 Å². The molecule has 0 aliphatic rings. The van der Waals surface area contributed by atoms with Crippen molar-refractivity contribution in [2.24, 2.45) is 0 Å². The first kappa shape index (κ1) is 15.1. The summed E-state index contributed by atoms with van der Waals surface area (Å²) in [6.07, 6.45) is -1.49. The molecule has 0 saturated carbocycles. The Morgan fingerprint density at radius 2 is 2.18 bits per heavy atom. The van der Waals surface area contributed by atoms with E-state index in [9.17, 15) is 17.9 Å². The highest BCUT2D eigenvalue weighted by Crippen LogP contribution is 2.43. The predicted octanol–water partition coefficient (Wildman–Crippen LogP) is 2.62. The number of aliphatic hydroxyl groups excluding tert-OH is 1. The van der Waals surface area contributed by atoms with Gasteiger partial charge in [0.1, 0.15) is 11.9 Å². The number of sulfone groups is 1. The van der Waals surface area contributed by atoms with Gasteiger partial charge < -0.3 is 5.11 Å². The monoisotopic (exact) mass is 392 g/mol. The first-order chi connectivity index (χ1) is 7.72. The summed E-state index contributed by atoms with van der Waals surface area (Å²) in [5.74, 6) is -0.759. The molecule has 0 saturated heterocycles. The summed E-state index contributed by atoms with van der Waals surface area (Å²) >= 11 is 7.36. The lowest BCUT2D eigenvalue weighted by Gasteiger charge is -2.25. The summed E-state index contributed by atoms with van der Waals surface area (Å²) < 4.78 is 34.5. The van der Waals surface area contributed by atoms with Crippen molar-refractivity contribution in [2.75, 3.05) is 5.75 Å². The molecule has 0 aliphatic heterocycles. The lowest BCUT2D eigenvalue weighted by Crippen LogP contribution is -2.34. The van der Waals surface area contributed by atoms with Crippen LogP contribution in [0.4, 0.5) is 4.39 Å². The van der Waals surface area contributed by atoms with Crippen molar-refractivity contribution in [3.63, 3.8) is 0 Å². The van der Waals surface area contributed by atoms with Gasteiger partial charge in [0.15, 0.2) is 9.84 Å². The summed E-state index contributed by atoms with van der Waals surface area (Å²) in [5.41, 5.74) is 0.131. The van der Waals surface area contributed by atoms with Crippen LogP contribution < -0.4 is 0 Å². The van der Waals surface area contributed by atoms with Crippen molar-refractivity contribution in [3.8, 4) is 0 Å². The zero-order chi connectivity index (χ0) is 13.3. The van der Waals surface area contributed by atoms with Crippen molar-refractivity contribution >= 4 is 44.0 Å². The minimum absolute atomic E-state index is 0.131. The Bertz CT molecular complexity index is 504. The van der Waals surface area contributed by atoms with Crippen LogP contribution in [0.1, 0.15) is 18.6 Å². The molecule has 0 radical (unpaired) electrons. The molecule has 2 atom stereocenters. The number of benzene rings is 1. The molecule has 0 fully saturated rings. The lowest BCUT2D eigenvalue weighted by molar-refractivity contribution is 0.187. The van der Waals surface area contributed by atoms with Crippen LogP contribution in [0.2, 0.25) is 0 Å². The van der Waals surface area contributed by atoms with E-state index in [4.69, 9.17) is 11.6 Å². The van der Waals surface area contributed by atoms with Gasteiger partial charge in [-0.05, 0) is 40.3 Å². The quantitative estimate of drug-likeness (QED) is 0.633. The fraction of sp³-hybridized carbons (Fsp3) is 0.400. The van der Waals surface area contributed by atoms with E-state index >= 15 is 0 Å². The second-order valence-electron chi connectivity index (χ2n) is 3.42. The summed E-state index contributed by atoms with van der Waals surface area (Å²) in [4.78, 5) is 0. The molecular formula is C10H11ClFIO3S. The second-order valence-corrected chi connectivity index (χ2v) is 9.77. The van der Waals surface area contributed by atoms with E-state index in [1.807, 2.05) is 0 Å². The molecule has 0 heterocycles. The number of rotatable bonds is 4. The third-order valence-corrected chi connectivity index (χ3v) is 7.60. The van der Waals surface area contributed by atoms with Crippen molar-refractivity contribution < 1.29 is 17.9 Å². The maximum atomic E-state index is 13.0. The molecule has 0 bridgehead atoms. The molecule has 3 nitrogen and oxygen atoms in total. The Morgan fingerprint density at radius 3 is 2.65 bits per heavy atom. The van der Waals surface area contributed by atoms with Crippen LogP contribution in [0, 0.1) is 5.82 Å². The van der Waals surface area contributed by atoms with E-state index in [1.165, 1.54) is 47.7 Å². The topological polar surface area (TPSA) is 54.4 Å². The lowest BCUT2D eigenvalue weighted by atomic mass is 10.1. The smallest absolute Gasteiger partial charge is 0.225 e. The summed E-state index contributed by atoms with van der Waals surface area (Å²) in [6, 6.07) is 5.07. The molecule has 0 unspecified atom stereocenters. The van der Waals surface area contributed by atoms with E-state index in [1.54, 1.807) is 0 Å². The van der Waals surface area contributed by atoms with Crippen LogP contribution in [0.15, 0.2) is 24.3 Å². The average molecular weight is 393 g/mol. The highest BCUT2D eigenvalue weighted by atomic mass is 127. The van der Waals surface area contributed by atoms with Gasteiger partial charge in [0.2, 0.25) is 2.21 Å². The Balaban J connectivity index is 3.17. The molecule has 1 N–H and O–H groups in total. The minimum atomic E-state index is -3.68. The maximum absolute atomic E-state index is 13.0. The third-order valence-electron chi connectivity index (χ3n) is 2.28. The van der Waals surface area contributed by atoms with Crippen LogP contribution in [0.3, 0.4) is 0 Å². The molecule has 1 aromatic rings. The van der Waals surface area contributed by atoms with Gasteiger partial charge in [-0.25, -0.2) is 12.8 Å². The Kier molecular flexibility index (Phi) is 4.79. The first-order valence-corrected chi connectivity index (χ1v) is 7.87. The zero-order valence-electron chi connectivity index (χ0n) is 8.90. The highest BCUT2D eigenvalue weighted by molar-refractivity contribution is 14.1. The van der Waals surface area contributed by atoms with Crippen LogP contribution >= 0.6 is 34.2 Å². The van der Waals surface area contributed by atoms with E-state index < -0.39 is 24.0 Å². The SMILES string of the molecule is CCS(=O)(=O)[C@@](Cl)(I)[C@@H](O)c1cccc(F)c1. The van der Waals surface area contributed by atoms with E-state index in [0.717, 1.165) is 6.07 Å². The molecular weight excluding hydrogens is 382 g/mol. The average Bonchev–Trinajstić information content (AvgIpc) is 2.27. The standard InChI is InChI=1S/C10H11ClFIO3S/c1-2-17(15,16)10(11,13)9(14)7-4-3-5-8(12)6-7/h3-6,9,14H,2H2,1H3/t9-,10-/m0/s1. The van der Waals surface area contributed by atoms with Gasteiger partial charge >= 0.3 is 0 Å². The van der Waals surface area contributed by atoms with Crippen molar-refractivity contribution in [1.29, 1.82) is 0 Å². The van der Waals surface area contributed by atoms with Crippen LogP contribution in [-0.4, -0.2) is 21.5 Å². The number of halogens is 3. The predicted molar refractivity (Wildman–Crippen MR) is 73.4 cm³/mol. The molecule has 96 valence electrons. The molecule has 0 aliphatic carbocycles. The molecule has 0 spiro atoms. The van der Waals surface area contributed by atoms with E-state index in [2.05, 4.69) is 0 Å². The summed E-state index contributed by atoms with van der Waals surface area (Å²) in [6.45, 7) is 1.43. The summed E-state index contributed by atoms with van der Waals surface area (Å²) in [7, 11) is -3.68. The molecule has 1 rings (SSSR count). The van der Waals surface area contributed by atoms with Gasteiger partial charge in [0, 0.05) is 0 Å². The van der Waals surface area contributed by atoms with E-state index in [0.29, 0.717) is 0 Å². The molecule has 1 aromatic carbocycles. The van der Waals surface area contributed by atoms with Crippen LogP contribution in [0.5, 0.6) is 0 Å². The number of hydrogen-bond acceptors (Lipinski definition) is 3. The van der Waals surface area contributed by atoms with Gasteiger partial charge in [0.25, 0.3) is 0 Å². The maximum Gasteiger partial charge on any atom is 0.225 e. The van der Waals surface area contributed by atoms with Crippen LogP contribution in [0.25, 0.3) is 0 Å². The number of aliphatic hydroxyl groups is 1. The summed E-state index contributed by atoms with van der Waals surface area (Å²) in [5, 5.41) is 9.95. The number of alkyl halides is 2.